The highest BCUT2D eigenvalue weighted by atomic mass is 16.5. The van der Waals surface area contributed by atoms with Crippen LogP contribution in [-0.2, 0) is 9.53 Å². The number of ether oxygens (including phenoxy) is 1. The molecule has 0 radical (unpaired) electrons. The van der Waals surface area contributed by atoms with Gasteiger partial charge in [-0.2, -0.15) is 0 Å². The lowest BCUT2D eigenvalue weighted by Gasteiger charge is -2.05. The van der Waals surface area contributed by atoms with Crippen molar-refractivity contribution in [3.8, 4) is 0 Å². The number of carboxylic acid groups (broad SMARTS) is 1. The molecule has 0 bridgehead atoms. The molecule has 3 heteroatoms. The van der Waals surface area contributed by atoms with Crippen molar-refractivity contribution in [1.29, 1.82) is 0 Å². The maximum absolute atomic E-state index is 10.1. The smallest absolute Gasteiger partial charge is 0.328 e. The van der Waals surface area contributed by atoms with E-state index in [1.165, 1.54) is 12.2 Å². The molecule has 0 spiro atoms. The number of hydrogen-bond donors (Lipinski definition) is 1. The highest BCUT2D eigenvalue weighted by molar-refractivity contribution is 5.79. The average Bonchev–Trinajstić information content (AvgIpc) is 2.05. The van der Waals surface area contributed by atoms with E-state index in [0.29, 0.717) is 6.61 Å². The molecule has 0 aliphatic carbocycles. The maximum Gasteiger partial charge on any atom is 0.328 e. The van der Waals surface area contributed by atoms with Gasteiger partial charge in [-0.3, -0.25) is 0 Å². The molecule has 0 saturated heterocycles. The van der Waals surface area contributed by atoms with Crippen molar-refractivity contribution in [2.75, 3.05) is 6.61 Å². The summed E-state index contributed by atoms with van der Waals surface area (Å²) >= 11 is 0. The Morgan fingerprint density at radius 3 is 2.67 bits per heavy atom. The van der Waals surface area contributed by atoms with Gasteiger partial charge in [0.2, 0.25) is 0 Å². The van der Waals surface area contributed by atoms with Gasteiger partial charge in [-0.05, 0) is 6.08 Å². The minimum absolute atomic E-state index is 0.362. The van der Waals surface area contributed by atoms with Gasteiger partial charge < -0.3 is 9.84 Å². The second-order valence-electron chi connectivity index (χ2n) is 2.02. The lowest BCUT2D eigenvalue weighted by atomic mass is 10.3. The Morgan fingerprint density at radius 1 is 1.58 bits per heavy atom. The molecule has 1 unspecified atom stereocenters. The highest BCUT2D eigenvalue weighted by Gasteiger charge is 1.97. The fourth-order valence-electron chi connectivity index (χ4n) is 0.558. The standard InChI is InChI=1S/C9H12O3/c1-3-7-12-8(4-2)5-6-9(10)11/h3-6,8H,1-2,7H2,(H,10,11). The van der Waals surface area contributed by atoms with E-state index in [0.717, 1.165) is 6.08 Å². The molecule has 0 aromatic carbocycles. The Bertz CT molecular complexity index is 194. The summed E-state index contributed by atoms with van der Waals surface area (Å²) in [6, 6.07) is 0. The second-order valence-corrected chi connectivity index (χ2v) is 2.02. The molecule has 0 fully saturated rings. The van der Waals surface area contributed by atoms with Crippen molar-refractivity contribution >= 4 is 5.97 Å². The summed E-state index contributed by atoms with van der Waals surface area (Å²) in [6.45, 7) is 7.33. The third kappa shape index (κ3) is 5.44. The molecule has 0 aromatic heterocycles. The highest BCUT2D eigenvalue weighted by Crippen LogP contribution is 1.95. The fraction of sp³-hybridized carbons (Fsp3) is 0.222. The number of rotatable bonds is 6. The molecule has 0 rings (SSSR count). The third-order valence-electron chi connectivity index (χ3n) is 1.07. The summed E-state index contributed by atoms with van der Waals surface area (Å²) in [5, 5.41) is 8.29. The monoisotopic (exact) mass is 168 g/mol. The molecule has 0 aliphatic heterocycles. The minimum Gasteiger partial charge on any atom is -0.478 e. The normalized spacial score (nSPS) is 12.7. The van der Waals surface area contributed by atoms with E-state index >= 15 is 0 Å². The molecule has 12 heavy (non-hydrogen) atoms. The van der Waals surface area contributed by atoms with Crippen LogP contribution < -0.4 is 0 Å². The number of aliphatic carboxylic acids is 1. The predicted molar refractivity (Wildman–Crippen MR) is 46.9 cm³/mol. The SMILES string of the molecule is C=CCOC(C=C)C=CC(=O)O. The van der Waals surface area contributed by atoms with E-state index in [4.69, 9.17) is 9.84 Å². The Hall–Kier alpha value is -1.35. The van der Waals surface area contributed by atoms with Crippen LogP contribution in [0, 0.1) is 0 Å². The zero-order valence-corrected chi connectivity index (χ0v) is 6.77. The summed E-state index contributed by atoms with van der Waals surface area (Å²) in [5.41, 5.74) is 0. The molecule has 0 aliphatic rings. The topological polar surface area (TPSA) is 46.5 Å². The van der Waals surface area contributed by atoms with E-state index in [1.54, 1.807) is 6.08 Å². The van der Waals surface area contributed by atoms with Crippen LogP contribution in [0.1, 0.15) is 0 Å². The Labute approximate surface area is 71.7 Å². The molecule has 0 heterocycles. The average molecular weight is 168 g/mol. The van der Waals surface area contributed by atoms with Crippen LogP contribution in [0.15, 0.2) is 37.5 Å². The first-order valence-corrected chi connectivity index (χ1v) is 3.47. The first kappa shape index (κ1) is 10.7. The van der Waals surface area contributed by atoms with Gasteiger partial charge in [-0.1, -0.05) is 12.2 Å². The van der Waals surface area contributed by atoms with Crippen molar-refractivity contribution in [1.82, 2.24) is 0 Å². The first-order valence-electron chi connectivity index (χ1n) is 3.47. The van der Waals surface area contributed by atoms with Crippen LogP contribution in [-0.4, -0.2) is 23.8 Å². The van der Waals surface area contributed by atoms with Crippen LogP contribution >= 0.6 is 0 Å². The van der Waals surface area contributed by atoms with Crippen LogP contribution in [0.3, 0.4) is 0 Å². The largest absolute Gasteiger partial charge is 0.478 e. The van der Waals surface area contributed by atoms with E-state index in [9.17, 15) is 4.79 Å². The zero-order valence-electron chi connectivity index (χ0n) is 6.77. The van der Waals surface area contributed by atoms with Crippen molar-refractivity contribution in [3.63, 3.8) is 0 Å². The predicted octanol–water partition coefficient (Wildman–Crippen LogP) is 1.38. The van der Waals surface area contributed by atoms with Crippen LogP contribution in [0.5, 0.6) is 0 Å². The minimum atomic E-state index is -0.996. The zero-order chi connectivity index (χ0) is 9.40. The van der Waals surface area contributed by atoms with Crippen molar-refractivity contribution in [3.05, 3.63) is 37.5 Å². The number of carbonyl (C=O) groups is 1. The Balaban J connectivity index is 3.89. The van der Waals surface area contributed by atoms with E-state index in [2.05, 4.69) is 13.2 Å². The van der Waals surface area contributed by atoms with Gasteiger partial charge in [-0.25, -0.2) is 4.79 Å². The molecule has 3 nitrogen and oxygen atoms in total. The molecule has 66 valence electrons. The quantitative estimate of drug-likeness (QED) is 0.481. The van der Waals surface area contributed by atoms with E-state index < -0.39 is 5.97 Å². The maximum atomic E-state index is 10.1. The van der Waals surface area contributed by atoms with E-state index in [-0.39, 0.29) is 6.10 Å². The molecule has 1 atom stereocenters. The van der Waals surface area contributed by atoms with Crippen LogP contribution in [0.4, 0.5) is 0 Å². The summed E-state index contributed by atoms with van der Waals surface area (Å²) in [4.78, 5) is 10.1. The summed E-state index contributed by atoms with van der Waals surface area (Å²) in [6.07, 6.45) is 5.18. The number of carboxylic acids is 1. The molecular formula is C9H12O3. The van der Waals surface area contributed by atoms with Crippen LogP contribution in [0.2, 0.25) is 0 Å². The molecule has 0 saturated carbocycles. The van der Waals surface area contributed by atoms with Crippen LogP contribution in [0.25, 0.3) is 0 Å². The van der Waals surface area contributed by atoms with E-state index in [1.807, 2.05) is 0 Å². The summed E-state index contributed by atoms with van der Waals surface area (Å²) in [5.74, 6) is -0.996. The molecule has 0 amide bonds. The van der Waals surface area contributed by atoms with Gasteiger partial charge in [0.15, 0.2) is 0 Å². The Morgan fingerprint density at radius 2 is 2.25 bits per heavy atom. The summed E-state index contributed by atoms with van der Waals surface area (Å²) in [7, 11) is 0. The van der Waals surface area contributed by atoms with Crippen molar-refractivity contribution < 1.29 is 14.6 Å². The van der Waals surface area contributed by atoms with Gasteiger partial charge in [0, 0.05) is 6.08 Å². The third-order valence-corrected chi connectivity index (χ3v) is 1.07. The van der Waals surface area contributed by atoms with Gasteiger partial charge >= 0.3 is 5.97 Å². The fourth-order valence-corrected chi connectivity index (χ4v) is 0.558. The van der Waals surface area contributed by atoms with Gasteiger partial charge in [0.25, 0.3) is 0 Å². The molecule has 0 aromatic rings. The number of hydrogen-bond acceptors (Lipinski definition) is 2. The molecular weight excluding hydrogens is 156 g/mol. The first-order chi connectivity index (χ1) is 5.70. The molecule has 1 N–H and O–H groups in total. The van der Waals surface area contributed by atoms with Gasteiger partial charge in [0.05, 0.1) is 12.7 Å². The lowest BCUT2D eigenvalue weighted by Crippen LogP contribution is -2.06. The van der Waals surface area contributed by atoms with Gasteiger partial charge in [0.1, 0.15) is 0 Å². The summed E-state index contributed by atoms with van der Waals surface area (Å²) < 4.78 is 5.10. The van der Waals surface area contributed by atoms with Crippen molar-refractivity contribution in [2.45, 2.75) is 6.10 Å². The second kappa shape index (κ2) is 6.37. The Kier molecular flexibility index (Phi) is 5.65. The van der Waals surface area contributed by atoms with Gasteiger partial charge in [-0.15, -0.1) is 13.2 Å². The lowest BCUT2D eigenvalue weighted by molar-refractivity contribution is -0.131. The van der Waals surface area contributed by atoms with Crippen molar-refractivity contribution in [2.24, 2.45) is 0 Å².